The molecule has 1 aromatic rings. The molecule has 1 unspecified atom stereocenters. The van der Waals surface area contributed by atoms with Gasteiger partial charge in [-0.1, -0.05) is 0 Å². The molecule has 0 aromatic heterocycles. The normalized spacial score (nSPS) is 27.4. The van der Waals surface area contributed by atoms with Crippen molar-refractivity contribution in [3.63, 3.8) is 0 Å². The summed E-state index contributed by atoms with van der Waals surface area (Å²) in [5.41, 5.74) is 6.49. The third kappa shape index (κ3) is 2.58. The molecular formula is C13H18FNO2. The van der Waals surface area contributed by atoms with E-state index >= 15 is 0 Å². The predicted octanol–water partition coefficient (Wildman–Crippen LogP) is 2.40. The van der Waals surface area contributed by atoms with Crippen LogP contribution >= 0.6 is 0 Å². The van der Waals surface area contributed by atoms with Gasteiger partial charge in [-0.25, -0.2) is 4.39 Å². The van der Waals surface area contributed by atoms with Crippen molar-refractivity contribution in [2.24, 2.45) is 5.73 Å². The molecule has 1 aromatic carbocycles. The van der Waals surface area contributed by atoms with Crippen LogP contribution in [0.25, 0.3) is 0 Å². The van der Waals surface area contributed by atoms with E-state index < -0.39 is 0 Å². The molecule has 1 aliphatic heterocycles. The second kappa shape index (κ2) is 4.63. The number of ether oxygens (including phenoxy) is 2. The third-order valence-corrected chi connectivity index (χ3v) is 3.21. The van der Waals surface area contributed by atoms with Crippen LogP contribution in [-0.4, -0.2) is 19.3 Å². The van der Waals surface area contributed by atoms with Gasteiger partial charge in [-0.3, -0.25) is 0 Å². The molecule has 17 heavy (non-hydrogen) atoms. The van der Waals surface area contributed by atoms with E-state index in [0.717, 1.165) is 12.0 Å². The molecule has 0 radical (unpaired) electrons. The van der Waals surface area contributed by atoms with E-state index in [1.54, 1.807) is 13.2 Å². The van der Waals surface area contributed by atoms with E-state index in [1.165, 1.54) is 12.1 Å². The van der Waals surface area contributed by atoms with Gasteiger partial charge in [-0.05, 0) is 25.1 Å². The highest BCUT2D eigenvalue weighted by molar-refractivity contribution is 5.39. The van der Waals surface area contributed by atoms with Gasteiger partial charge < -0.3 is 15.2 Å². The monoisotopic (exact) mass is 239 g/mol. The summed E-state index contributed by atoms with van der Waals surface area (Å²) in [4.78, 5) is 0. The van der Waals surface area contributed by atoms with Crippen molar-refractivity contribution in [2.75, 3.05) is 13.7 Å². The van der Waals surface area contributed by atoms with Crippen molar-refractivity contribution in [1.82, 2.24) is 0 Å². The molecule has 2 atom stereocenters. The highest BCUT2D eigenvalue weighted by Crippen LogP contribution is 2.40. The molecule has 0 fully saturated rings. The van der Waals surface area contributed by atoms with Crippen molar-refractivity contribution >= 4 is 0 Å². The quantitative estimate of drug-likeness (QED) is 0.881. The molecule has 0 aliphatic carbocycles. The Morgan fingerprint density at radius 2 is 2.35 bits per heavy atom. The topological polar surface area (TPSA) is 44.5 Å². The van der Waals surface area contributed by atoms with Gasteiger partial charge in [0.05, 0.1) is 0 Å². The first kappa shape index (κ1) is 12.3. The van der Waals surface area contributed by atoms with Crippen LogP contribution in [0.1, 0.15) is 31.4 Å². The van der Waals surface area contributed by atoms with Gasteiger partial charge in [0.2, 0.25) is 0 Å². The van der Waals surface area contributed by atoms with Crippen molar-refractivity contribution in [2.45, 2.75) is 31.4 Å². The van der Waals surface area contributed by atoms with Crippen LogP contribution in [0.2, 0.25) is 0 Å². The van der Waals surface area contributed by atoms with Crippen LogP contribution < -0.4 is 10.5 Å². The number of nitrogens with two attached hydrogens (primary N) is 1. The maximum absolute atomic E-state index is 13.1. The summed E-state index contributed by atoms with van der Waals surface area (Å²) in [5, 5.41) is 0. The highest BCUT2D eigenvalue weighted by Gasteiger charge is 2.35. The smallest absolute Gasteiger partial charge is 0.125 e. The zero-order valence-corrected chi connectivity index (χ0v) is 10.2. The molecule has 0 bridgehead atoms. The van der Waals surface area contributed by atoms with E-state index in [-0.39, 0.29) is 17.5 Å². The minimum atomic E-state index is -0.333. The average Bonchev–Trinajstić information content (AvgIpc) is 2.28. The Kier molecular flexibility index (Phi) is 3.35. The molecule has 2 rings (SSSR count). The van der Waals surface area contributed by atoms with Crippen LogP contribution in [0.4, 0.5) is 4.39 Å². The standard InChI is InChI=1S/C13H18FNO2/c1-13(5-6-16-2)8-11(15)10-7-9(14)3-4-12(10)17-13/h3-4,7,11H,5-6,8,15H2,1-2H3/t11-,13?/m1/s1. The number of fused-ring (bicyclic) bond motifs is 1. The Morgan fingerprint density at radius 1 is 1.59 bits per heavy atom. The summed E-state index contributed by atoms with van der Waals surface area (Å²) < 4.78 is 24.1. The van der Waals surface area contributed by atoms with Crippen LogP contribution in [0.3, 0.4) is 0 Å². The molecular weight excluding hydrogens is 221 g/mol. The van der Waals surface area contributed by atoms with Crippen LogP contribution in [0.5, 0.6) is 5.75 Å². The SMILES string of the molecule is COCCC1(C)C[C@@H](N)c2cc(F)ccc2O1. The lowest BCUT2D eigenvalue weighted by Crippen LogP contribution is -2.41. The van der Waals surface area contributed by atoms with Gasteiger partial charge in [-0.2, -0.15) is 0 Å². The lowest BCUT2D eigenvalue weighted by molar-refractivity contribution is 0.0214. The van der Waals surface area contributed by atoms with E-state index in [1.807, 2.05) is 6.92 Å². The first-order valence-corrected chi connectivity index (χ1v) is 5.77. The van der Waals surface area contributed by atoms with Crippen LogP contribution in [0, 0.1) is 5.82 Å². The first-order valence-electron chi connectivity index (χ1n) is 5.77. The summed E-state index contributed by atoms with van der Waals surface area (Å²) in [6.07, 6.45) is 1.45. The number of benzene rings is 1. The summed E-state index contributed by atoms with van der Waals surface area (Å²) >= 11 is 0. The second-order valence-corrected chi connectivity index (χ2v) is 4.79. The second-order valence-electron chi connectivity index (χ2n) is 4.79. The van der Waals surface area contributed by atoms with E-state index in [4.69, 9.17) is 15.2 Å². The first-order chi connectivity index (χ1) is 8.04. The number of halogens is 1. The highest BCUT2D eigenvalue weighted by atomic mass is 19.1. The van der Waals surface area contributed by atoms with Gasteiger partial charge in [0, 0.05) is 38.2 Å². The zero-order valence-electron chi connectivity index (χ0n) is 10.2. The molecule has 4 heteroatoms. The van der Waals surface area contributed by atoms with Gasteiger partial charge in [0.1, 0.15) is 17.2 Å². The summed E-state index contributed by atoms with van der Waals surface area (Å²) in [7, 11) is 1.66. The maximum Gasteiger partial charge on any atom is 0.125 e. The Balaban J connectivity index is 2.23. The maximum atomic E-state index is 13.1. The summed E-state index contributed by atoms with van der Waals surface area (Å²) in [6.45, 7) is 2.64. The molecule has 1 aliphatic rings. The summed E-state index contributed by atoms with van der Waals surface area (Å²) in [5.74, 6) is 0.409. The minimum absolute atomic E-state index is 0.184. The fourth-order valence-corrected chi connectivity index (χ4v) is 2.26. The van der Waals surface area contributed by atoms with E-state index in [0.29, 0.717) is 18.8 Å². The van der Waals surface area contributed by atoms with Crippen molar-refractivity contribution in [3.8, 4) is 5.75 Å². The Hall–Kier alpha value is -1.13. The number of hydrogen-bond acceptors (Lipinski definition) is 3. The Morgan fingerprint density at radius 3 is 3.06 bits per heavy atom. The zero-order chi connectivity index (χ0) is 12.5. The van der Waals surface area contributed by atoms with Crippen molar-refractivity contribution < 1.29 is 13.9 Å². The molecule has 3 nitrogen and oxygen atoms in total. The average molecular weight is 239 g/mol. The van der Waals surface area contributed by atoms with Gasteiger partial charge in [-0.15, -0.1) is 0 Å². The predicted molar refractivity (Wildman–Crippen MR) is 63.5 cm³/mol. The lowest BCUT2D eigenvalue weighted by atomic mass is 9.87. The Bertz CT molecular complexity index is 410. The largest absolute Gasteiger partial charge is 0.487 e. The molecule has 0 amide bonds. The molecule has 0 spiro atoms. The fraction of sp³-hybridized carbons (Fsp3) is 0.538. The number of methoxy groups -OCH3 is 1. The molecule has 94 valence electrons. The van der Waals surface area contributed by atoms with E-state index in [9.17, 15) is 4.39 Å². The van der Waals surface area contributed by atoms with Crippen molar-refractivity contribution in [1.29, 1.82) is 0 Å². The summed E-state index contributed by atoms with van der Waals surface area (Å²) in [6, 6.07) is 4.31. The lowest BCUT2D eigenvalue weighted by Gasteiger charge is -2.38. The molecule has 2 N–H and O–H groups in total. The molecule has 0 saturated heterocycles. The van der Waals surface area contributed by atoms with Gasteiger partial charge in [0.25, 0.3) is 0 Å². The minimum Gasteiger partial charge on any atom is -0.487 e. The van der Waals surface area contributed by atoms with Crippen LogP contribution in [-0.2, 0) is 4.74 Å². The van der Waals surface area contributed by atoms with Crippen molar-refractivity contribution in [3.05, 3.63) is 29.6 Å². The third-order valence-electron chi connectivity index (χ3n) is 3.21. The van der Waals surface area contributed by atoms with Crippen LogP contribution in [0.15, 0.2) is 18.2 Å². The molecule has 1 heterocycles. The fourth-order valence-electron chi connectivity index (χ4n) is 2.26. The molecule has 0 saturated carbocycles. The number of hydrogen-bond donors (Lipinski definition) is 1. The van der Waals surface area contributed by atoms with E-state index in [2.05, 4.69) is 0 Å². The van der Waals surface area contributed by atoms with Gasteiger partial charge in [0.15, 0.2) is 0 Å². The Labute approximate surface area is 101 Å². The van der Waals surface area contributed by atoms with Gasteiger partial charge >= 0.3 is 0 Å². The number of rotatable bonds is 3.